The smallest absolute Gasteiger partial charge is 0.123 e. The van der Waals surface area contributed by atoms with Crippen LogP contribution in [-0.2, 0) is 25.8 Å². The molecule has 2 rings (SSSR count). The summed E-state index contributed by atoms with van der Waals surface area (Å²) >= 11 is 6.45. The van der Waals surface area contributed by atoms with Gasteiger partial charge >= 0.3 is 0 Å². The minimum Gasteiger partial charge on any atom is -0.507 e. The zero-order valence-corrected chi connectivity index (χ0v) is 19.5. The van der Waals surface area contributed by atoms with Crippen LogP contribution in [0.25, 0.3) is 5.57 Å². The molecule has 1 nitrogen and oxygen atoms in total. The first-order chi connectivity index (χ1) is 8.75. The van der Waals surface area contributed by atoms with Crippen molar-refractivity contribution in [1.29, 1.82) is 0 Å². The number of aromatic hydroxyl groups is 1. The number of hydrogen-bond donors (Lipinski definition) is 1. The molecule has 1 aromatic carbocycles. The fourth-order valence-corrected chi connectivity index (χ4v) is 3.33. The average Bonchev–Trinajstić information content (AvgIpc) is 2.54. The summed E-state index contributed by atoms with van der Waals surface area (Å²) < 4.78 is 0. The molecule has 0 spiro atoms. The third kappa shape index (κ3) is 4.41. The van der Waals surface area contributed by atoms with Crippen LogP contribution in [0.1, 0.15) is 40.2 Å². The normalized spacial score (nSPS) is 17.6. The molecule has 0 heterocycles. The SMILES string of the molecule is CC1=C(c2ccccc2O)C(C(C)(C)C)C(C)=C1Cl.Cl.Cl.[Hf]. The van der Waals surface area contributed by atoms with E-state index in [-0.39, 0.29) is 62.0 Å². The first-order valence-corrected chi connectivity index (χ1v) is 6.98. The van der Waals surface area contributed by atoms with E-state index < -0.39 is 0 Å². The van der Waals surface area contributed by atoms with Crippen molar-refractivity contribution < 1.29 is 30.9 Å². The third-order valence-corrected chi connectivity index (χ3v) is 4.44. The number of allylic oxidation sites excluding steroid dienone is 4. The maximum absolute atomic E-state index is 10.1. The number of para-hydroxylation sites is 1. The number of hydrogen-bond acceptors (Lipinski definition) is 1. The Morgan fingerprint density at radius 2 is 1.55 bits per heavy atom. The fraction of sp³-hybridized carbons (Fsp3) is 0.412. The number of rotatable bonds is 1. The second kappa shape index (κ2) is 8.92. The van der Waals surface area contributed by atoms with E-state index in [0.717, 1.165) is 21.7 Å². The van der Waals surface area contributed by atoms with E-state index in [1.54, 1.807) is 6.07 Å². The Kier molecular flexibility index (Phi) is 9.93. The Bertz CT molecular complexity index is 586. The number of phenols is 1. The monoisotopic (exact) mass is 528 g/mol. The van der Waals surface area contributed by atoms with Gasteiger partial charge in [0.1, 0.15) is 5.75 Å². The first kappa shape index (κ1) is 24.5. The standard InChI is InChI=1S/C17H21ClO.2ClH.Hf/c1-10-14(12-8-6-7-9-13(12)19)15(17(3,4)5)11(2)16(10)18;;;/h6-9,15,19H,1-5H3;2*1H;. The Morgan fingerprint density at radius 3 is 2.00 bits per heavy atom. The predicted octanol–water partition coefficient (Wildman–Crippen LogP) is 6.20. The molecule has 1 atom stereocenters. The predicted molar refractivity (Wildman–Crippen MR) is 96.7 cm³/mol. The van der Waals surface area contributed by atoms with Crippen LogP contribution in [0.5, 0.6) is 5.75 Å². The Labute approximate surface area is 169 Å². The molecule has 1 aliphatic carbocycles. The summed E-state index contributed by atoms with van der Waals surface area (Å²) in [5.74, 6) is 0.568. The Hall–Kier alpha value is 0.240. The summed E-state index contributed by atoms with van der Waals surface area (Å²) in [6.07, 6.45) is 0. The zero-order valence-electron chi connectivity index (χ0n) is 13.5. The number of phenolic OH excluding ortho intramolecular Hbond substituents is 1. The summed E-state index contributed by atoms with van der Waals surface area (Å²) in [6.45, 7) is 10.8. The molecule has 0 fully saturated rings. The van der Waals surface area contributed by atoms with Crippen molar-refractivity contribution in [3.63, 3.8) is 0 Å². The van der Waals surface area contributed by atoms with Gasteiger partial charge in [-0.05, 0) is 42.0 Å². The average molecular weight is 528 g/mol. The van der Waals surface area contributed by atoms with Gasteiger partial charge in [0, 0.05) is 42.4 Å². The van der Waals surface area contributed by atoms with E-state index in [2.05, 4.69) is 27.7 Å². The molecule has 122 valence electrons. The largest absolute Gasteiger partial charge is 0.507 e. The number of halogens is 3. The molecule has 22 heavy (non-hydrogen) atoms. The summed E-state index contributed by atoms with van der Waals surface area (Å²) in [6, 6.07) is 7.50. The fourth-order valence-electron chi connectivity index (χ4n) is 3.12. The summed E-state index contributed by atoms with van der Waals surface area (Å²) in [5, 5.41) is 11.0. The number of benzene rings is 1. The molecule has 0 aliphatic heterocycles. The van der Waals surface area contributed by atoms with E-state index in [4.69, 9.17) is 11.6 Å². The molecule has 0 aromatic heterocycles. The van der Waals surface area contributed by atoms with Crippen molar-refractivity contribution in [1.82, 2.24) is 0 Å². The molecule has 1 aromatic rings. The Morgan fingerprint density at radius 1 is 1.05 bits per heavy atom. The first-order valence-electron chi connectivity index (χ1n) is 6.61. The minimum atomic E-state index is 0. The van der Waals surface area contributed by atoms with Gasteiger partial charge in [-0.3, -0.25) is 0 Å². The van der Waals surface area contributed by atoms with Gasteiger partial charge in [0.15, 0.2) is 0 Å². The van der Waals surface area contributed by atoms with E-state index in [1.807, 2.05) is 25.1 Å². The van der Waals surface area contributed by atoms with Gasteiger partial charge in [-0.15, -0.1) is 24.8 Å². The topological polar surface area (TPSA) is 20.2 Å². The van der Waals surface area contributed by atoms with Crippen LogP contribution in [0.15, 0.2) is 40.4 Å². The van der Waals surface area contributed by atoms with Gasteiger partial charge in [0.2, 0.25) is 0 Å². The van der Waals surface area contributed by atoms with Gasteiger partial charge < -0.3 is 5.11 Å². The van der Waals surface area contributed by atoms with Gasteiger partial charge in [0.25, 0.3) is 0 Å². The van der Waals surface area contributed by atoms with E-state index in [0.29, 0.717) is 5.75 Å². The van der Waals surface area contributed by atoms with Crippen molar-refractivity contribution in [2.45, 2.75) is 34.6 Å². The van der Waals surface area contributed by atoms with Gasteiger partial charge in [0.05, 0.1) is 0 Å². The quantitative estimate of drug-likeness (QED) is 0.431. The van der Waals surface area contributed by atoms with Crippen LogP contribution in [-0.4, -0.2) is 5.11 Å². The molecule has 1 aliphatic rings. The minimum absolute atomic E-state index is 0. The van der Waals surface area contributed by atoms with Crippen LogP contribution < -0.4 is 0 Å². The molecular formula is C17H23Cl3HfO. The van der Waals surface area contributed by atoms with Crippen molar-refractivity contribution in [3.05, 3.63) is 46.0 Å². The van der Waals surface area contributed by atoms with E-state index in [1.165, 1.54) is 5.57 Å². The van der Waals surface area contributed by atoms with Crippen LogP contribution in [0.2, 0.25) is 0 Å². The molecule has 1 N–H and O–H groups in total. The summed E-state index contributed by atoms with van der Waals surface area (Å²) in [4.78, 5) is 0. The molecule has 0 saturated carbocycles. The third-order valence-electron chi connectivity index (χ3n) is 3.86. The van der Waals surface area contributed by atoms with Crippen molar-refractivity contribution >= 4 is 42.0 Å². The van der Waals surface area contributed by atoms with Gasteiger partial charge in [-0.1, -0.05) is 50.6 Å². The van der Waals surface area contributed by atoms with Crippen LogP contribution in [0.3, 0.4) is 0 Å². The molecule has 0 radical (unpaired) electrons. The Balaban J connectivity index is 0. The summed E-state index contributed by atoms with van der Waals surface area (Å²) in [7, 11) is 0. The molecule has 0 saturated heterocycles. The van der Waals surface area contributed by atoms with Crippen molar-refractivity contribution in [2.75, 3.05) is 0 Å². The maximum atomic E-state index is 10.1. The molecular weight excluding hydrogens is 505 g/mol. The molecule has 0 amide bonds. The van der Waals surface area contributed by atoms with Gasteiger partial charge in [-0.25, -0.2) is 0 Å². The second-order valence-electron chi connectivity index (χ2n) is 6.35. The van der Waals surface area contributed by atoms with Crippen molar-refractivity contribution in [2.24, 2.45) is 11.3 Å². The van der Waals surface area contributed by atoms with Gasteiger partial charge in [-0.2, -0.15) is 0 Å². The molecule has 5 heteroatoms. The summed E-state index contributed by atoms with van der Waals surface area (Å²) in [5.41, 5.74) is 4.41. The maximum Gasteiger partial charge on any atom is 0.123 e. The van der Waals surface area contributed by atoms with Crippen LogP contribution in [0.4, 0.5) is 0 Å². The van der Waals surface area contributed by atoms with E-state index in [9.17, 15) is 5.11 Å². The van der Waals surface area contributed by atoms with Crippen LogP contribution >= 0.6 is 36.4 Å². The van der Waals surface area contributed by atoms with E-state index >= 15 is 0 Å². The second-order valence-corrected chi connectivity index (χ2v) is 6.73. The molecule has 0 bridgehead atoms. The van der Waals surface area contributed by atoms with Crippen LogP contribution in [0, 0.1) is 11.3 Å². The van der Waals surface area contributed by atoms with Crippen molar-refractivity contribution in [3.8, 4) is 5.75 Å². The zero-order chi connectivity index (χ0) is 14.4. The molecule has 1 unspecified atom stereocenters.